The molecule has 1 rings (SSSR count). The van der Waals surface area contributed by atoms with Crippen molar-refractivity contribution in [3.63, 3.8) is 0 Å². The van der Waals surface area contributed by atoms with Gasteiger partial charge in [0.15, 0.2) is 0 Å². The number of hydrogen-bond acceptors (Lipinski definition) is 2. The Kier molecular flexibility index (Phi) is 2.51. The molecule has 0 aromatic carbocycles. The minimum absolute atomic E-state index is 0.508. The highest BCUT2D eigenvalue weighted by Gasteiger charge is 2.27. The number of hydrogen-bond donors (Lipinski definition) is 1. The van der Waals surface area contributed by atoms with Gasteiger partial charge >= 0.3 is 0 Å². The maximum Gasteiger partial charge on any atom is 0.276 e. The molecule has 1 saturated heterocycles. The van der Waals surface area contributed by atoms with E-state index in [1.54, 1.807) is 0 Å². The van der Waals surface area contributed by atoms with E-state index in [0.29, 0.717) is 19.0 Å². The van der Waals surface area contributed by atoms with Gasteiger partial charge in [0.1, 0.15) is 0 Å². The smallest absolute Gasteiger partial charge is 0.216 e. The maximum absolute atomic E-state index is 10.8. The van der Waals surface area contributed by atoms with Crippen molar-refractivity contribution in [1.29, 1.82) is 0 Å². The molecule has 0 aliphatic carbocycles. The highest BCUT2D eigenvalue weighted by Crippen LogP contribution is 2.19. The fraction of sp³-hybridized carbons (Fsp3) is 1.00. The van der Waals surface area contributed by atoms with Crippen LogP contribution in [0.2, 0.25) is 0 Å². The summed E-state index contributed by atoms with van der Waals surface area (Å²) in [6.45, 7) is 3.27. The highest BCUT2D eigenvalue weighted by atomic mass is 32.2. The first-order valence-electron chi connectivity index (χ1n) is 3.82. The zero-order chi connectivity index (χ0) is 8.48. The number of nitrogens with zero attached hydrogens (tertiary/aromatic N) is 1. The van der Waals surface area contributed by atoms with Gasteiger partial charge in [-0.2, -0.15) is 12.7 Å². The van der Waals surface area contributed by atoms with E-state index in [1.165, 1.54) is 4.31 Å². The highest BCUT2D eigenvalue weighted by molar-refractivity contribution is 7.86. The summed E-state index contributed by atoms with van der Waals surface area (Å²) in [5.74, 6) is 0.508. The molecule has 0 radical (unpaired) electrons. The van der Waals surface area contributed by atoms with Crippen molar-refractivity contribution < 1.29 is 8.42 Å². The Bertz CT molecular complexity index is 225. The molecular formula is C6H14N2O2S. The summed E-state index contributed by atoms with van der Waals surface area (Å²) in [5.41, 5.74) is 0. The molecule has 1 heterocycles. The average Bonchev–Trinajstić information content (AvgIpc) is 2.32. The Labute approximate surface area is 67.6 Å². The lowest BCUT2D eigenvalue weighted by molar-refractivity contribution is 0.454. The van der Waals surface area contributed by atoms with Crippen molar-refractivity contribution in [2.45, 2.75) is 19.8 Å². The minimum atomic E-state index is -3.41. The molecule has 5 heteroatoms. The first-order valence-corrected chi connectivity index (χ1v) is 5.32. The van der Waals surface area contributed by atoms with Crippen LogP contribution in [-0.2, 0) is 10.2 Å². The van der Waals surface area contributed by atoms with Gasteiger partial charge in [-0.25, -0.2) is 5.14 Å². The van der Waals surface area contributed by atoms with Gasteiger partial charge in [0.25, 0.3) is 10.2 Å². The molecule has 2 N–H and O–H groups in total. The predicted octanol–water partition coefficient (Wildman–Crippen LogP) is -0.0782. The van der Waals surface area contributed by atoms with Gasteiger partial charge in [-0.3, -0.25) is 0 Å². The molecule has 1 aliphatic heterocycles. The summed E-state index contributed by atoms with van der Waals surface area (Å²) in [4.78, 5) is 0. The van der Waals surface area contributed by atoms with Crippen LogP contribution in [-0.4, -0.2) is 25.8 Å². The van der Waals surface area contributed by atoms with Crippen molar-refractivity contribution >= 4 is 10.2 Å². The van der Waals surface area contributed by atoms with Crippen LogP contribution in [0.15, 0.2) is 0 Å². The Balaban J connectivity index is 2.55. The lowest BCUT2D eigenvalue weighted by atomic mass is 10.1. The van der Waals surface area contributed by atoms with Crippen LogP contribution in [0, 0.1) is 5.92 Å². The second kappa shape index (κ2) is 3.08. The summed E-state index contributed by atoms with van der Waals surface area (Å²) < 4.78 is 22.9. The van der Waals surface area contributed by atoms with Gasteiger partial charge in [-0.05, 0) is 12.3 Å². The first kappa shape index (κ1) is 8.96. The molecule has 1 aliphatic rings. The van der Waals surface area contributed by atoms with Crippen LogP contribution < -0.4 is 5.14 Å². The van der Waals surface area contributed by atoms with Crippen LogP contribution in [0.4, 0.5) is 0 Å². The van der Waals surface area contributed by atoms with Gasteiger partial charge in [-0.15, -0.1) is 0 Å². The molecule has 4 nitrogen and oxygen atoms in total. The Morgan fingerprint density at radius 3 is 2.55 bits per heavy atom. The van der Waals surface area contributed by atoms with E-state index in [4.69, 9.17) is 5.14 Å². The summed E-state index contributed by atoms with van der Waals surface area (Å²) in [5, 5.41) is 4.96. The van der Waals surface area contributed by atoms with E-state index in [1.807, 2.05) is 0 Å². The molecule has 0 spiro atoms. The second-order valence-corrected chi connectivity index (χ2v) is 4.51. The monoisotopic (exact) mass is 178 g/mol. The zero-order valence-corrected chi connectivity index (χ0v) is 7.47. The minimum Gasteiger partial charge on any atom is -0.216 e. The molecule has 1 fully saturated rings. The van der Waals surface area contributed by atoms with Crippen LogP contribution in [0.25, 0.3) is 0 Å². The van der Waals surface area contributed by atoms with Gasteiger partial charge in [-0.1, -0.05) is 13.3 Å². The third-order valence-electron chi connectivity index (χ3n) is 2.19. The van der Waals surface area contributed by atoms with Crippen molar-refractivity contribution in [1.82, 2.24) is 4.31 Å². The summed E-state index contributed by atoms with van der Waals surface area (Å²) in [7, 11) is -3.41. The van der Waals surface area contributed by atoms with E-state index < -0.39 is 10.2 Å². The molecule has 66 valence electrons. The Morgan fingerprint density at radius 1 is 1.64 bits per heavy atom. The van der Waals surface area contributed by atoms with E-state index >= 15 is 0 Å². The summed E-state index contributed by atoms with van der Waals surface area (Å²) >= 11 is 0. The lowest BCUT2D eigenvalue weighted by Gasteiger charge is -2.11. The molecule has 0 aromatic rings. The predicted molar refractivity (Wildman–Crippen MR) is 43.1 cm³/mol. The zero-order valence-electron chi connectivity index (χ0n) is 6.66. The first-order chi connectivity index (χ1) is 5.04. The van der Waals surface area contributed by atoms with Crippen LogP contribution in [0.1, 0.15) is 19.8 Å². The fourth-order valence-electron chi connectivity index (χ4n) is 1.36. The van der Waals surface area contributed by atoms with E-state index in [9.17, 15) is 8.42 Å². The molecular weight excluding hydrogens is 164 g/mol. The molecule has 0 saturated carbocycles. The quantitative estimate of drug-likeness (QED) is 0.643. The lowest BCUT2D eigenvalue weighted by Crippen LogP contribution is -2.34. The van der Waals surface area contributed by atoms with Crippen molar-refractivity contribution in [3.8, 4) is 0 Å². The van der Waals surface area contributed by atoms with Crippen molar-refractivity contribution in [2.75, 3.05) is 13.1 Å². The van der Waals surface area contributed by atoms with Crippen molar-refractivity contribution in [2.24, 2.45) is 11.1 Å². The second-order valence-electron chi connectivity index (χ2n) is 2.97. The molecule has 1 unspecified atom stereocenters. The summed E-state index contributed by atoms with van der Waals surface area (Å²) in [6.07, 6.45) is 1.99. The largest absolute Gasteiger partial charge is 0.276 e. The van der Waals surface area contributed by atoms with E-state index in [-0.39, 0.29) is 0 Å². The van der Waals surface area contributed by atoms with Gasteiger partial charge < -0.3 is 0 Å². The molecule has 0 aromatic heterocycles. The molecule has 0 bridgehead atoms. The topological polar surface area (TPSA) is 63.4 Å². The van der Waals surface area contributed by atoms with Crippen LogP contribution >= 0.6 is 0 Å². The fourth-order valence-corrected chi connectivity index (χ4v) is 2.14. The Hall–Kier alpha value is -0.130. The van der Waals surface area contributed by atoms with Gasteiger partial charge in [0, 0.05) is 13.1 Å². The normalized spacial score (nSPS) is 27.6. The van der Waals surface area contributed by atoms with Crippen LogP contribution in [0.5, 0.6) is 0 Å². The number of nitrogens with two attached hydrogens (primary N) is 1. The van der Waals surface area contributed by atoms with Crippen molar-refractivity contribution in [3.05, 3.63) is 0 Å². The third kappa shape index (κ3) is 2.15. The van der Waals surface area contributed by atoms with Crippen LogP contribution in [0.3, 0.4) is 0 Å². The molecule has 11 heavy (non-hydrogen) atoms. The summed E-state index contributed by atoms with van der Waals surface area (Å²) in [6, 6.07) is 0. The Morgan fingerprint density at radius 2 is 2.27 bits per heavy atom. The molecule has 0 amide bonds. The number of rotatable bonds is 2. The standard InChI is InChI=1S/C6H14N2O2S/c1-2-6-3-4-8(5-6)11(7,9)10/h6H,2-5H2,1H3,(H2,7,9,10). The van der Waals surface area contributed by atoms with Gasteiger partial charge in [0.2, 0.25) is 0 Å². The third-order valence-corrected chi connectivity index (χ3v) is 3.24. The molecule has 1 atom stereocenters. The van der Waals surface area contributed by atoms with Gasteiger partial charge in [0.05, 0.1) is 0 Å². The van der Waals surface area contributed by atoms with E-state index in [0.717, 1.165) is 12.8 Å². The van der Waals surface area contributed by atoms with E-state index in [2.05, 4.69) is 6.92 Å². The average molecular weight is 178 g/mol. The SMILES string of the molecule is CCC1CCN(S(N)(=O)=O)C1. The maximum atomic E-state index is 10.8.